The van der Waals surface area contributed by atoms with E-state index in [-0.39, 0.29) is 0 Å². The Balaban J connectivity index is 5.23. The van der Waals surface area contributed by atoms with Crippen LogP contribution < -0.4 is 0 Å². The standard InChI is InChI=1S/C6H15OSi.3C4H9O.Zr/c1-4-8(7,5-2)6-3;3*1-2-3-4-5;/h4-6H2,1-3H3;3*2-4H2,1H3;/q4*-1;+4. The van der Waals surface area contributed by atoms with Crippen molar-refractivity contribution < 1.29 is 33.0 Å². The molecule has 0 saturated carbocycles. The molecule has 0 spiro atoms. The van der Waals surface area contributed by atoms with E-state index >= 15 is 0 Å². The molecule has 0 rings (SSSR count). The molecule has 0 atom stereocenters. The fourth-order valence-corrected chi connectivity index (χ4v) is 17.0. The summed E-state index contributed by atoms with van der Waals surface area (Å²) in [5, 5.41) is 0. The minimum absolute atomic E-state index is 0.701. The molecule has 0 aromatic heterocycles. The first-order valence-electron chi connectivity index (χ1n) is 10.2. The van der Waals surface area contributed by atoms with E-state index in [2.05, 4.69) is 41.5 Å². The van der Waals surface area contributed by atoms with Crippen molar-refractivity contribution in [3.05, 3.63) is 0 Å². The van der Waals surface area contributed by atoms with Gasteiger partial charge in [-0.15, -0.1) is 0 Å². The van der Waals surface area contributed by atoms with Crippen molar-refractivity contribution in [2.45, 2.75) is 98.2 Å². The quantitative estimate of drug-likeness (QED) is 0.197. The molecule has 0 unspecified atom stereocenters. The Kier molecular flexibility index (Phi) is 15.6. The summed E-state index contributed by atoms with van der Waals surface area (Å²) in [4.78, 5) is 0. The van der Waals surface area contributed by atoms with Gasteiger partial charge in [-0.05, 0) is 0 Å². The van der Waals surface area contributed by atoms with Crippen LogP contribution in [0.2, 0.25) is 18.1 Å². The fourth-order valence-electron chi connectivity index (χ4n) is 2.47. The van der Waals surface area contributed by atoms with E-state index in [9.17, 15) is 0 Å². The van der Waals surface area contributed by atoms with E-state index in [1.165, 1.54) is 0 Å². The van der Waals surface area contributed by atoms with Crippen LogP contribution in [0, 0.1) is 0 Å². The van der Waals surface area contributed by atoms with Crippen LogP contribution in [0.1, 0.15) is 80.1 Å². The van der Waals surface area contributed by atoms with Crippen molar-refractivity contribution in [3.8, 4) is 0 Å². The van der Waals surface area contributed by atoms with E-state index in [1.54, 1.807) is 0 Å². The third-order valence-electron chi connectivity index (χ3n) is 4.60. The Morgan fingerprint density at radius 3 is 1.17 bits per heavy atom. The van der Waals surface area contributed by atoms with E-state index in [1.807, 2.05) is 0 Å². The van der Waals surface area contributed by atoms with Crippen LogP contribution in [0.5, 0.6) is 0 Å². The summed E-state index contributed by atoms with van der Waals surface area (Å²) in [6.45, 7) is 15.4. The topological polar surface area (TPSA) is 36.9 Å². The monoisotopic (exact) mass is 440 g/mol. The molecule has 0 aliphatic carbocycles. The zero-order valence-corrected chi connectivity index (χ0v) is 20.6. The van der Waals surface area contributed by atoms with Crippen molar-refractivity contribution in [3.63, 3.8) is 0 Å². The molecule has 0 aromatic carbocycles. The van der Waals surface area contributed by atoms with Crippen LogP contribution in [-0.4, -0.2) is 28.1 Å². The van der Waals surface area contributed by atoms with E-state index in [0.717, 1.165) is 56.7 Å². The van der Waals surface area contributed by atoms with Gasteiger partial charge in [-0.25, -0.2) is 0 Å². The summed E-state index contributed by atoms with van der Waals surface area (Å²) < 4.78 is 25.7. The number of rotatable bonds is 17. The minimum atomic E-state index is -3.94. The average Bonchev–Trinajstić information content (AvgIpc) is 2.60. The molecule has 0 amide bonds. The molecular formula is C18H42O4SiZr. The zero-order chi connectivity index (χ0) is 18.3. The normalized spacial score (nSPS) is 12.8. The second-order valence-electron chi connectivity index (χ2n) is 6.45. The predicted octanol–water partition coefficient (Wildman–Crippen LogP) is 6.27. The molecule has 0 bridgehead atoms. The third kappa shape index (κ3) is 9.59. The Morgan fingerprint density at radius 1 is 0.583 bits per heavy atom. The zero-order valence-electron chi connectivity index (χ0n) is 17.1. The van der Waals surface area contributed by atoms with Gasteiger partial charge in [0.15, 0.2) is 0 Å². The van der Waals surface area contributed by atoms with Crippen LogP contribution in [0.3, 0.4) is 0 Å². The van der Waals surface area contributed by atoms with Gasteiger partial charge in [0.2, 0.25) is 0 Å². The average molecular weight is 442 g/mol. The SMILES string of the molecule is CCCC[O][Zr]([O]CCCC)([O]CCCC)[O][Si](CC)(CC)CC. The van der Waals surface area contributed by atoms with Crippen molar-refractivity contribution in [1.82, 2.24) is 0 Å². The van der Waals surface area contributed by atoms with Crippen LogP contribution in [0.15, 0.2) is 0 Å². The molecule has 0 aromatic rings. The Bertz CT molecular complexity index is 253. The summed E-state index contributed by atoms with van der Waals surface area (Å²) in [5.41, 5.74) is 0. The molecule has 0 saturated heterocycles. The molecular weight excluding hydrogens is 400 g/mol. The molecule has 0 aliphatic heterocycles. The third-order valence-corrected chi connectivity index (χ3v) is 18.3. The molecule has 4 nitrogen and oxygen atoms in total. The van der Waals surface area contributed by atoms with Gasteiger partial charge in [-0.2, -0.15) is 0 Å². The van der Waals surface area contributed by atoms with E-state index in [0.29, 0.717) is 19.8 Å². The van der Waals surface area contributed by atoms with Crippen LogP contribution in [-0.2, 0) is 33.0 Å². The summed E-state index contributed by atoms with van der Waals surface area (Å²) in [5.74, 6) is 0. The molecule has 24 heavy (non-hydrogen) atoms. The van der Waals surface area contributed by atoms with Crippen LogP contribution in [0.4, 0.5) is 0 Å². The van der Waals surface area contributed by atoms with Crippen molar-refractivity contribution in [2.24, 2.45) is 0 Å². The molecule has 0 fully saturated rings. The van der Waals surface area contributed by atoms with Gasteiger partial charge in [0.05, 0.1) is 0 Å². The van der Waals surface area contributed by atoms with Crippen LogP contribution >= 0.6 is 0 Å². The van der Waals surface area contributed by atoms with Gasteiger partial charge in [-0.1, -0.05) is 0 Å². The Hall–Kier alpha value is 0.940. The fraction of sp³-hybridized carbons (Fsp3) is 1.00. The number of hydrogen-bond donors (Lipinski definition) is 0. The Morgan fingerprint density at radius 2 is 0.917 bits per heavy atom. The summed E-state index contributed by atoms with van der Waals surface area (Å²) >= 11 is -3.94. The van der Waals surface area contributed by atoms with Gasteiger partial charge >= 0.3 is 159 Å². The molecule has 0 aliphatic rings. The summed E-state index contributed by atoms with van der Waals surface area (Å²) in [6, 6.07) is 3.30. The van der Waals surface area contributed by atoms with E-state index in [4.69, 9.17) is 10.9 Å². The summed E-state index contributed by atoms with van der Waals surface area (Å²) in [6.07, 6.45) is 6.46. The first-order valence-corrected chi connectivity index (χ1v) is 16.7. The maximum absolute atomic E-state index is 6.80. The summed E-state index contributed by atoms with van der Waals surface area (Å²) in [7, 11) is -1.82. The molecule has 0 heterocycles. The maximum atomic E-state index is 6.80. The van der Waals surface area contributed by atoms with Crippen molar-refractivity contribution >= 4 is 8.32 Å². The first-order chi connectivity index (χ1) is 11.6. The molecule has 0 radical (unpaired) electrons. The van der Waals surface area contributed by atoms with Gasteiger partial charge in [0.25, 0.3) is 0 Å². The predicted molar refractivity (Wildman–Crippen MR) is 101 cm³/mol. The van der Waals surface area contributed by atoms with Crippen molar-refractivity contribution in [1.29, 1.82) is 0 Å². The van der Waals surface area contributed by atoms with Crippen LogP contribution in [0.25, 0.3) is 0 Å². The van der Waals surface area contributed by atoms with Crippen molar-refractivity contribution in [2.75, 3.05) is 19.8 Å². The van der Waals surface area contributed by atoms with E-state index < -0.39 is 30.3 Å². The molecule has 6 heteroatoms. The Labute approximate surface area is 159 Å². The first kappa shape index (κ1) is 24.9. The number of hydrogen-bond acceptors (Lipinski definition) is 4. The molecule has 0 N–H and O–H groups in total. The second kappa shape index (κ2) is 15.0. The van der Waals surface area contributed by atoms with Gasteiger partial charge in [0, 0.05) is 0 Å². The van der Waals surface area contributed by atoms with Gasteiger partial charge in [-0.3, -0.25) is 0 Å². The van der Waals surface area contributed by atoms with Gasteiger partial charge < -0.3 is 0 Å². The molecule has 146 valence electrons. The van der Waals surface area contributed by atoms with Gasteiger partial charge in [0.1, 0.15) is 0 Å². The number of unbranched alkanes of at least 4 members (excludes halogenated alkanes) is 3. The second-order valence-corrected chi connectivity index (χ2v) is 17.2.